The van der Waals surface area contributed by atoms with Crippen molar-refractivity contribution < 1.29 is 22.6 Å². The summed E-state index contributed by atoms with van der Waals surface area (Å²) in [5.74, 6) is 0.586. The molecule has 23 heavy (non-hydrogen) atoms. The molecule has 122 valence electrons. The van der Waals surface area contributed by atoms with Crippen molar-refractivity contribution in [3.05, 3.63) is 36.4 Å². The lowest BCUT2D eigenvalue weighted by Crippen LogP contribution is -2.19. The standard InChI is InChI=1S/C16H15F3N2O2/c1-22-13-3-2-4-14(23-8-16(17,18)19)15(13)10-5-6-11-12(7-10)21-9-20-11/h2-7,20-21H,8-9H2,1H3. The topological polar surface area (TPSA) is 42.5 Å². The van der Waals surface area contributed by atoms with Crippen molar-refractivity contribution in [1.29, 1.82) is 0 Å². The van der Waals surface area contributed by atoms with Crippen molar-refractivity contribution in [2.24, 2.45) is 0 Å². The van der Waals surface area contributed by atoms with Gasteiger partial charge in [-0.05, 0) is 29.8 Å². The van der Waals surface area contributed by atoms with Crippen molar-refractivity contribution in [3.63, 3.8) is 0 Å². The number of fused-ring (bicyclic) bond motifs is 1. The Balaban J connectivity index is 2.02. The molecule has 2 aromatic rings. The second-order valence-electron chi connectivity index (χ2n) is 5.03. The maximum absolute atomic E-state index is 12.5. The molecule has 1 heterocycles. The molecular weight excluding hydrogens is 309 g/mol. The largest absolute Gasteiger partial charge is 0.496 e. The highest BCUT2D eigenvalue weighted by molar-refractivity contribution is 5.84. The number of anilines is 2. The predicted octanol–water partition coefficient (Wildman–Crippen LogP) is 4.10. The Morgan fingerprint density at radius 1 is 1.04 bits per heavy atom. The molecule has 0 aromatic heterocycles. The smallest absolute Gasteiger partial charge is 0.422 e. The lowest BCUT2D eigenvalue weighted by atomic mass is 10.0. The average Bonchev–Trinajstić information content (AvgIpc) is 2.99. The average molecular weight is 324 g/mol. The van der Waals surface area contributed by atoms with Crippen molar-refractivity contribution in [2.75, 3.05) is 31.0 Å². The minimum Gasteiger partial charge on any atom is -0.496 e. The minimum atomic E-state index is -4.40. The van der Waals surface area contributed by atoms with Gasteiger partial charge in [-0.15, -0.1) is 0 Å². The zero-order valence-corrected chi connectivity index (χ0v) is 12.3. The van der Waals surface area contributed by atoms with Crippen LogP contribution in [0.15, 0.2) is 36.4 Å². The first kappa shape index (κ1) is 15.3. The molecule has 2 N–H and O–H groups in total. The van der Waals surface area contributed by atoms with Crippen LogP contribution in [-0.4, -0.2) is 26.6 Å². The van der Waals surface area contributed by atoms with Gasteiger partial charge in [-0.3, -0.25) is 0 Å². The van der Waals surface area contributed by atoms with E-state index in [2.05, 4.69) is 10.6 Å². The van der Waals surface area contributed by atoms with Gasteiger partial charge in [0.15, 0.2) is 6.61 Å². The fraction of sp³-hybridized carbons (Fsp3) is 0.250. The summed E-state index contributed by atoms with van der Waals surface area (Å²) in [4.78, 5) is 0. The molecule has 0 bridgehead atoms. The summed E-state index contributed by atoms with van der Waals surface area (Å²) in [6.07, 6.45) is -4.40. The Kier molecular flexibility index (Phi) is 3.94. The van der Waals surface area contributed by atoms with Crippen LogP contribution in [0, 0.1) is 0 Å². The molecule has 0 atom stereocenters. The first-order valence-electron chi connectivity index (χ1n) is 6.96. The molecule has 0 aliphatic carbocycles. The van der Waals surface area contributed by atoms with Crippen LogP contribution in [0.5, 0.6) is 11.5 Å². The van der Waals surface area contributed by atoms with E-state index in [4.69, 9.17) is 9.47 Å². The lowest BCUT2D eigenvalue weighted by Gasteiger charge is -2.16. The van der Waals surface area contributed by atoms with E-state index in [1.807, 2.05) is 18.2 Å². The summed E-state index contributed by atoms with van der Waals surface area (Å²) >= 11 is 0. The number of alkyl halides is 3. The van der Waals surface area contributed by atoms with E-state index in [1.165, 1.54) is 13.2 Å². The summed E-state index contributed by atoms with van der Waals surface area (Å²) < 4.78 is 47.7. The fourth-order valence-corrected chi connectivity index (χ4v) is 2.48. The van der Waals surface area contributed by atoms with Gasteiger partial charge in [0.2, 0.25) is 0 Å². The molecule has 1 aliphatic heterocycles. The van der Waals surface area contributed by atoms with Crippen LogP contribution in [0.25, 0.3) is 11.1 Å². The zero-order chi connectivity index (χ0) is 16.4. The van der Waals surface area contributed by atoms with Crippen LogP contribution in [-0.2, 0) is 0 Å². The lowest BCUT2D eigenvalue weighted by molar-refractivity contribution is -0.153. The maximum Gasteiger partial charge on any atom is 0.422 e. The Bertz CT molecular complexity index is 717. The molecule has 2 aromatic carbocycles. The van der Waals surface area contributed by atoms with Gasteiger partial charge in [0.05, 0.1) is 30.7 Å². The fourth-order valence-electron chi connectivity index (χ4n) is 2.48. The van der Waals surface area contributed by atoms with E-state index in [1.54, 1.807) is 12.1 Å². The van der Waals surface area contributed by atoms with Gasteiger partial charge in [0, 0.05) is 0 Å². The van der Waals surface area contributed by atoms with Gasteiger partial charge < -0.3 is 20.1 Å². The molecule has 1 aliphatic rings. The zero-order valence-electron chi connectivity index (χ0n) is 12.3. The Morgan fingerprint density at radius 3 is 2.52 bits per heavy atom. The quantitative estimate of drug-likeness (QED) is 0.889. The summed E-state index contributed by atoms with van der Waals surface area (Å²) in [7, 11) is 1.47. The van der Waals surface area contributed by atoms with Crippen LogP contribution in [0.4, 0.5) is 24.5 Å². The summed E-state index contributed by atoms with van der Waals surface area (Å²) in [6.45, 7) is -0.736. The highest BCUT2D eigenvalue weighted by atomic mass is 19.4. The van der Waals surface area contributed by atoms with Crippen LogP contribution < -0.4 is 20.1 Å². The Hall–Kier alpha value is -2.57. The monoisotopic (exact) mass is 324 g/mol. The number of nitrogens with one attached hydrogen (secondary N) is 2. The number of halogens is 3. The van der Waals surface area contributed by atoms with E-state index in [-0.39, 0.29) is 5.75 Å². The number of rotatable bonds is 4. The third-order valence-electron chi connectivity index (χ3n) is 3.47. The van der Waals surface area contributed by atoms with E-state index in [0.29, 0.717) is 18.0 Å². The third kappa shape index (κ3) is 3.28. The normalized spacial score (nSPS) is 13.0. The molecule has 0 amide bonds. The maximum atomic E-state index is 12.5. The Morgan fingerprint density at radius 2 is 1.78 bits per heavy atom. The van der Waals surface area contributed by atoms with Crippen LogP contribution in [0.3, 0.4) is 0 Å². The van der Waals surface area contributed by atoms with Crippen molar-refractivity contribution in [3.8, 4) is 22.6 Å². The van der Waals surface area contributed by atoms with Gasteiger partial charge >= 0.3 is 6.18 Å². The predicted molar refractivity (Wildman–Crippen MR) is 82.1 cm³/mol. The van der Waals surface area contributed by atoms with Gasteiger partial charge in [-0.2, -0.15) is 13.2 Å². The Labute approximate surface area is 131 Å². The molecule has 0 spiro atoms. The summed E-state index contributed by atoms with van der Waals surface area (Å²) in [5, 5.41) is 6.30. The van der Waals surface area contributed by atoms with Crippen molar-refractivity contribution in [1.82, 2.24) is 0 Å². The first-order chi connectivity index (χ1) is 11.0. The number of hydrogen-bond donors (Lipinski definition) is 2. The second-order valence-corrected chi connectivity index (χ2v) is 5.03. The molecule has 0 radical (unpaired) electrons. The van der Waals surface area contributed by atoms with Crippen LogP contribution in [0.1, 0.15) is 0 Å². The third-order valence-corrected chi connectivity index (χ3v) is 3.47. The number of ether oxygens (including phenoxy) is 2. The summed E-state index contributed by atoms with van der Waals surface area (Å²) in [5.41, 5.74) is 3.04. The van der Waals surface area contributed by atoms with E-state index >= 15 is 0 Å². The number of hydrogen-bond acceptors (Lipinski definition) is 4. The molecule has 0 saturated carbocycles. The molecule has 3 rings (SSSR count). The van der Waals surface area contributed by atoms with Gasteiger partial charge in [0.1, 0.15) is 11.5 Å². The van der Waals surface area contributed by atoms with E-state index in [0.717, 1.165) is 16.9 Å². The van der Waals surface area contributed by atoms with Gasteiger partial charge in [-0.1, -0.05) is 12.1 Å². The van der Waals surface area contributed by atoms with E-state index < -0.39 is 12.8 Å². The highest BCUT2D eigenvalue weighted by Gasteiger charge is 2.29. The minimum absolute atomic E-state index is 0.132. The highest BCUT2D eigenvalue weighted by Crippen LogP contribution is 2.41. The SMILES string of the molecule is COc1cccc(OCC(F)(F)F)c1-c1ccc2c(c1)NCN2. The first-order valence-corrected chi connectivity index (χ1v) is 6.96. The van der Waals surface area contributed by atoms with Crippen LogP contribution in [0.2, 0.25) is 0 Å². The van der Waals surface area contributed by atoms with Crippen LogP contribution >= 0.6 is 0 Å². The molecule has 0 unspecified atom stereocenters. The number of benzene rings is 2. The van der Waals surface area contributed by atoms with Gasteiger partial charge in [0.25, 0.3) is 0 Å². The number of methoxy groups -OCH3 is 1. The van der Waals surface area contributed by atoms with Crippen molar-refractivity contribution in [2.45, 2.75) is 6.18 Å². The second kappa shape index (κ2) is 5.91. The molecule has 7 heteroatoms. The van der Waals surface area contributed by atoms with Crippen molar-refractivity contribution >= 4 is 11.4 Å². The van der Waals surface area contributed by atoms with E-state index in [9.17, 15) is 13.2 Å². The molecule has 0 saturated heterocycles. The van der Waals surface area contributed by atoms with Gasteiger partial charge in [-0.25, -0.2) is 0 Å². The summed E-state index contributed by atoms with van der Waals surface area (Å²) in [6, 6.07) is 10.3. The molecule has 4 nitrogen and oxygen atoms in total. The molecular formula is C16H15F3N2O2. The molecule has 0 fully saturated rings.